The summed E-state index contributed by atoms with van der Waals surface area (Å²) in [5.74, 6) is 0. The van der Waals surface area contributed by atoms with E-state index >= 15 is 0 Å². The smallest absolute Gasteiger partial charge is 0.0573 e. The summed E-state index contributed by atoms with van der Waals surface area (Å²) >= 11 is 0. The van der Waals surface area contributed by atoms with Gasteiger partial charge in [0.1, 0.15) is 0 Å². The van der Waals surface area contributed by atoms with Crippen LogP contribution in [0.15, 0.2) is 24.5 Å². The van der Waals surface area contributed by atoms with E-state index in [0.29, 0.717) is 6.04 Å². The van der Waals surface area contributed by atoms with Crippen LogP contribution in [0.25, 0.3) is 0 Å². The second-order valence-corrected chi connectivity index (χ2v) is 4.03. The first-order chi connectivity index (χ1) is 6.75. The Morgan fingerprint density at radius 2 is 2.36 bits per heavy atom. The fourth-order valence-electron chi connectivity index (χ4n) is 2.07. The van der Waals surface area contributed by atoms with Gasteiger partial charge in [0.2, 0.25) is 0 Å². The molecule has 1 aliphatic rings. The van der Waals surface area contributed by atoms with Crippen molar-refractivity contribution in [2.45, 2.75) is 38.0 Å². The van der Waals surface area contributed by atoms with Gasteiger partial charge >= 0.3 is 0 Å². The highest BCUT2D eigenvalue weighted by Crippen LogP contribution is 2.24. The normalized spacial score (nSPS) is 32.9. The maximum atomic E-state index is 9.65. The van der Waals surface area contributed by atoms with E-state index in [1.165, 1.54) is 0 Å². The molecule has 0 bridgehead atoms. The first kappa shape index (κ1) is 9.62. The first-order valence-corrected chi connectivity index (χ1v) is 5.09. The second-order valence-electron chi connectivity index (χ2n) is 4.03. The molecule has 3 nitrogen and oxygen atoms in total. The zero-order chi connectivity index (χ0) is 9.97. The summed E-state index contributed by atoms with van der Waals surface area (Å²) in [5.41, 5.74) is 1.16. The van der Waals surface area contributed by atoms with Crippen molar-refractivity contribution in [3.05, 3.63) is 30.1 Å². The van der Waals surface area contributed by atoms with Crippen molar-refractivity contribution < 1.29 is 5.11 Å². The lowest BCUT2D eigenvalue weighted by Crippen LogP contribution is -2.40. The Kier molecular flexibility index (Phi) is 2.79. The van der Waals surface area contributed by atoms with Gasteiger partial charge in [-0.15, -0.1) is 0 Å². The van der Waals surface area contributed by atoms with Crippen LogP contribution in [-0.4, -0.2) is 22.2 Å². The molecular formula is C11H16N2O. The molecular weight excluding hydrogens is 176 g/mol. The topological polar surface area (TPSA) is 45.2 Å². The van der Waals surface area contributed by atoms with E-state index in [2.05, 4.69) is 23.3 Å². The van der Waals surface area contributed by atoms with Crippen LogP contribution in [0, 0.1) is 0 Å². The summed E-state index contributed by atoms with van der Waals surface area (Å²) in [6.07, 6.45) is 5.08. The summed E-state index contributed by atoms with van der Waals surface area (Å²) in [5, 5.41) is 13.1. The number of rotatable bonds is 1. The van der Waals surface area contributed by atoms with Crippen molar-refractivity contribution in [3.63, 3.8) is 0 Å². The third kappa shape index (κ3) is 2.11. The molecule has 3 heteroatoms. The summed E-state index contributed by atoms with van der Waals surface area (Å²) in [7, 11) is 0. The fourth-order valence-corrected chi connectivity index (χ4v) is 2.07. The predicted octanol–water partition coefficient (Wildman–Crippen LogP) is 1.26. The average molecular weight is 192 g/mol. The maximum Gasteiger partial charge on any atom is 0.0573 e. The summed E-state index contributed by atoms with van der Waals surface area (Å²) in [6, 6.07) is 4.62. The van der Waals surface area contributed by atoms with E-state index < -0.39 is 0 Å². The third-order valence-electron chi connectivity index (χ3n) is 2.71. The molecule has 1 saturated heterocycles. The molecule has 14 heavy (non-hydrogen) atoms. The summed E-state index contributed by atoms with van der Waals surface area (Å²) in [4.78, 5) is 4.09. The average Bonchev–Trinajstić information content (AvgIpc) is 2.18. The number of aliphatic hydroxyl groups excluding tert-OH is 1. The molecule has 2 N–H and O–H groups in total. The summed E-state index contributed by atoms with van der Waals surface area (Å²) < 4.78 is 0. The van der Waals surface area contributed by atoms with Crippen LogP contribution in [-0.2, 0) is 0 Å². The van der Waals surface area contributed by atoms with Crippen molar-refractivity contribution in [2.24, 2.45) is 0 Å². The van der Waals surface area contributed by atoms with Crippen molar-refractivity contribution >= 4 is 0 Å². The van der Waals surface area contributed by atoms with Gasteiger partial charge in [0.15, 0.2) is 0 Å². The van der Waals surface area contributed by atoms with Crippen LogP contribution in [0.1, 0.15) is 31.4 Å². The monoisotopic (exact) mass is 192 g/mol. The van der Waals surface area contributed by atoms with Gasteiger partial charge in [-0.25, -0.2) is 0 Å². The molecule has 2 heterocycles. The van der Waals surface area contributed by atoms with E-state index in [1.54, 1.807) is 6.20 Å². The molecule has 3 atom stereocenters. The molecule has 76 valence electrons. The number of piperidine rings is 1. The standard InChI is InChI=1S/C11H16N2O/c1-8-5-10(14)6-11(13-8)9-3-2-4-12-7-9/h2-4,7-8,10-11,13-14H,5-6H2,1H3. The van der Waals surface area contributed by atoms with Crippen LogP contribution in [0.3, 0.4) is 0 Å². The lowest BCUT2D eigenvalue weighted by atomic mass is 9.93. The molecule has 2 rings (SSSR count). The zero-order valence-corrected chi connectivity index (χ0v) is 8.35. The number of hydrogen-bond acceptors (Lipinski definition) is 3. The minimum absolute atomic E-state index is 0.184. The van der Waals surface area contributed by atoms with Crippen LogP contribution >= 0.6 is 0 Å². The van der Waals surface area contributed by atoms with Gasteiger partial charge < -0.3 is 10.4 Å². The van der Waals surface area contributed by atoms with Gasteiger partial charge in [-0.1, -0.05) is 6.07 Å². The lowest BCUT2D eigenvalue weighted by molar-refractivity contribution is 0.0975. The molecule has 0 saturated carbocycles. The zero-order valence-electron chi connectivity index (χ0n) is 8.35. The van der Waals surface area contributed by atoms with E-state index in [1.807, 2.05) is 12.3 Å². The Bertz CT molecular complexity index is 279. The Morgan fingerprint density at radius 1 is 1.50 bits per heavy atom. The Labute approximate surface area is 84.2 Å². The molecule has 0 spiro atoms. The van der Waals surface area contributed by atoms with Gasteiger partial charge in [0.25, 0.3) is 0 Å². The highest BCUT2D eigenvalue weighted by molar-refractivity contribution is 5.15. The number of aliphatic hydroxyl groups is 1. The SMILES string of the molecule is CC1CC(O)CC(c2cccnc2)N1. The van der Waals surface area contributed by atoms with E-state index in [-0.39, 0.29) is 12.1 Å². The first-order valence-electron chi connectivity index (χ1n) is 5.09. The molecule has 3 unspecified atom stereocenters. The number of nitrogens with zero attached hydrogens (tertiary/aromatic N) is 1. The van der Waals surface area contributed by atoms with E-state index in [0.717, 1.165) is 18.4 Å². The molecule has 0 aromatic carbocycles. The lowest BCUT2D eigenvalue weighted by Gasteiger charge is -2.32. The molecule has 0 radical (unpaired) electrons. The fraction of sp³-hybridized carbons (Fsp3) is 0.545. The molecule has 0 amide bonds. The van der Waals surface area contributed by atoms with Crippen LogP contribution in [0.5, 0.6) is 0 Å². The number of pyridine rings is 1. The van der Waals surface area contributed by atoms with Gasteiger partial charge in [-0.3, -0.25) is 4.98 Å². The van der Waals surface area contributed by atoms with Gasteiger partial charge in [0.05, 0.1) is 6.10 Å². The van der Waals surface area contributed by atoms with Crippen LogP contribution in [0.2, 0.25) is 0 Å². The largest absolute Gasteiger partial charge is 0.393 e. The minimum Gasteiger partial charge on any atom is -0.393 e. The van der Waals surface area contributed by atoms with Gasteiger partial charge in [-0.05, 0) is 31.4 Å². The molecule has 1 aromatic rings. The summed E-state index contributed by atoms with van der Waals surface area (Å²) in [6.45, 7) is 2.10. The highest BCUT2D eigenvalue weighted by Gasteiger charge is 2.25. The van der Waals surface area contributed by atoms with Crippen molar-refractivity contribution in [1.82, 2.24) is 10.3 Å². The predicted molar refractivity (Wildman–Crippen MR) is 54.8 cm³/mol. The maximum absolute atomic E-state index is 9.65. The minimum atomic E-state index is -0.184. The third-order valence-corrected chi connectivity index (χ3v) is 2.71. The van der Waals surface area contributed by atoms with Gasteiger partial charge in [-0.2, -0.15) is 0 Å². The quantitative estimate of drug-likeness (QED) is 0.704. The van der Waals surface area contributed by atoms with Gasteiger partial charge in [0, 0.05) is 24.5 Å². The Morgan fingerprint density at radius 3 is 3.00 bits per heavy atom. The number of hydrogen-bond donors (Lipinski definition) is 2. The Balaban J connectivity index is 2.11. The van der Waals surface area contributed by atoms with Crippen LogP contribution in [0.4, 0.5) is 0 Å². The number of nitrogens with one attached hydrogen (secondary N) is 1. The van der Waals surface area contributed by atoms with Crippen molar-refractivity contribution in [3.8, 4) is 0 Å². The number of aromatic nitrogens is 1. The molecule has 0 aliphatic carbocycles. The van der Waals surface area contributed by atoms with Crippen molar-refractivity contribution in [2.75, 3.05) is 0 Å². The Hall–Kier alpha value is -0.930. The molecule has 1 fully saturated rings. The van der Waals surface area contributed by atoms with Crippen molar-refractivity contribution in [1.29, 1.82) is 0 Å². The second kappa shape index (κ2) is 4.07. The molecule has 1 aliphatic heterocycles. The molecule has 1 aromatic heterocycles. The van der Waals surface area contributed by atoms with E-state index in [9.17, 15) is 5.11 Å². The van der Waals surface area contributed by atoms with E-state index in [4.69, 9.17) is 0 Å². The highest BCUT2D eigenvalue weighted by atomic mass is 16.3. The van der Waals surface area contributed by atoms with Crippen LogP contribution < -0.4 is 5.32 Å².